The minimum atomic E-state index is -4.85. The van der Waals surface area contributed by atoms with Gasteiger partial charge in [-0.2, -0.15) is 13.2 Å². The summed E-state index contributed by atoms with van der Waals surface area (Å²) in [5.74, 6) is -0.806. The molecular weight excluding hydrogens is 1140 g/mol. The lowest BCUT2D eigenvalue weighted by Gasteiger charge is -2.16. The molecule has 6 aromatic rings. The summed E-state index contributed by atoms with van der Waals surface area (Å²) in [5.41, 5.74) is -0.0755. The fraction of sp³-hybridized carbons (Fsp3) is 0.527. The van der Waals surface area contributed by atoms with E-state index in [4.69, 9.17) is 9.53 Å². The van der Waals surface area contributed by atoms with Crippen LogP contribution in [-0.2, 0) is 47.9 Å². The Labute approximate surface area is 472 Å². The number of aliphatic hydroxyl groups is 1. The van der Waals surface area contributed by atoms with Crippen LogP contribution >= 0.6 is 22.7 Å². The summed E-state index contributed by atoms with van der Waals surface area (Å²) in [7, 11) is 2.94. The monoisotopic (exact) mass is 1210 g/mol. The number of ether oxygens (including phenoxy) is 3. The number of nitrogens with zero attached hydrogens (tertiary/aromatic N) is 4. The molecule has 450 valence electrons. The maximum atomic E-state index is 13.5. The second kappa shape index (κ2) is 30.9. The van der Waals surface area contributed by atoms with E-state index in [1.807, 2.05) is 34.6 Å². The molecule has 0 fully saturated rings. The van der Waals surface area contributed by atoms with Crippen molar-refractivity contribution in [3.63, 3.8) is 0 Å². The van der Waals surface area contributed by atoms with Crippen LogP contribution in [0.15, 0.2) is 67.7 Å². The van der Waals surface area contributed by atoms with Crippen molar-refractivity contribution >= 4 is 64.2 Å². The van der Waals surface area contributed by atoms with Gasteiger partial charge in [0.05, 0.1) is 23.5 Å². The smallest absolute Gasteiger partial charge is 0.466 e. The first-order chi connectivity index (χ1) is 37.7. The maximum Gasteiger partial charge on any atom is 0.573 e. The SMILES string of the molecule is CC(=O)OCCCn1c(=O)c2c(CCC(C)C)c(-c3cccc(OC(F)(F)F)c3)sc2n(C)c1=O.CCCCn1c(=O)c2c(C(O)CC(C)C)c(-c3cccc(OC(F)(F)F)c3)sc2n(C)c1=O.CC[SiH](CC)CC.O=CC(F)(F)F. The molecule has 6 rings (SSSR count). The lowest BCUT2D eigenvalue weighted by Crippen LogP contribution is -2.39. The largest absolute Gasteiger partial charge is 0.573 e. The summed E-state index contributed by atoms with van der Waals surface area (Å²) in [4.78, 5) is 74.2. The molecule has 81 heavy (non-hydrogen) atoms. The number of unbranched alkanes of at least 4 members (excludes halogenated alkanes) is 1. The standard InChI is InChI=1S/C24H27F3N2O5S.C23H27F3N2O4S.C6H16Si.C2HF3O/c1-14(2)9-10-18-19-21(31)29(11-6-12-33-15(3)30)23(32)28(4)22(19)35-20(18)16-7-5-8-17(13-16)34-24(25,26)27;1-5-6-10-28-20(30)18-17(16(29)11-13(2)3)19(33-21(18)27(4)22(28)31)14-8-7-9-15(12-14)32-23(24,25)26;1-4-7(5-2)6-3;3-2(4,5)1-6/h5,7-8,13-14H,6,9-12H2,1-4H3;7-9,12-13,16,29H,5-6,10-11H2,1-4H3;7H,4-6H2,1-3H3;1H. The molecule has 0 aliphatic rings. The molecule has 4 aromatic heterocycles. The third kappa shape index (κ3) is 20.4. The summed E-state index contributed by atoms with van der Waals surface area (Å²) in [6.07, 6.45) is -13.1. The molecule has 0 saturated heterocycles. The molecular formula is C55H71F9N4O10S2Si. The van der Waals surface area contributed by atoms with E-state index in [-0.39, 0.29) is 52.0 Å². The van der Waals surface area contributed by atoms with Crippen molar-refractivity contribution in [3.8, 4) is 32.4 Å². The van der Waals surface area contributed by atoms with Gasteiger partial charge in [-0.25, -0.2) is 9.59 Å². The van der Waals surface area contributed by atoms with Crippen LogP contribution in [0.2, 0.25) is 18.1 Å². The van der Waals surface area contributed by atoms with Gasteiger partial charge < -0.3 is 19.3 Å². The number of aliphatic hydroxyl groups excluding tert-OH is 1. The lowest BCUT2D eigenvalue weighted by atomic mass is 9.96. The second-order valence-corrected chi connectivity index (χ2v) is 25.9. The van der Waals surface area contributed by atoms with Crippen LogP contribution in [0.1, 0.15) is 112 Å². The van der Waals surface area contributed by atoms with Gasteiger partial charge in [0.15, 0.2) is 0 Å². The van der Waals surface area contributed by atoms with Crippen molar-refractivity contribution in [2.75, 3.05) is 6.61 Å². The van der Waals surface area contributed by atoms with Gasteiger partial charge in [0, 0.05) is 58.2 Å². The number of benzene rings is 2. The fourth-order valence-corrected chi connectivity index (χ4v) is 12.8. The van der Waals surface area contributed by atoms with Crippen molar-refractivity contribution < 1.29 is 68.4 Å². The van der Waals surface area contributed by atoms with Gasteiger partial charge in [-0.15, -0.1) is 49.0 Å². The minimum absolute atomic E-state index is 0.0679. The highest BCUT2D eigenvalue weighted by atomic mass is 32.1. The van der Waals surface area contributed by atoms with Crippen LogP contribution in [0.4, 0.5) is 39.5 Å². The van der Waals surface area contributed by atoms with E-state index in [1.165, 1.54) is 81.9 Å². The number of fused-ring (bicyclic) bond motifs is 2. The summed E-state index contributed by atoms with van der Waals surface area (Å²) >= 11 is 2.29. The number of hydrogen-bond acceptors (Lipinski definition) is 12. The topological polar surface area (TPSA) is 170 Å². The third-order valence-electron chi connectivity index (χ3n) is 12.6. The van der Waals surface area contributed by atoms with Crippen molar-refractivity contribution in [1.29, 1.82) is 0 Å². The minimum Gasteiger partial charge on any atom is -0.466 e. The second-order valence-electron chi connectivity index (χ2n) is 19.7. The zero-order valence-corrected chi connectivity index (χ0v) is 49.9. The number of hydrogen-bond donors (Lipinski definition) is 1. The van der Waals surface area contributed by atoms with E-state index in [2.05, 4.69) is 30.2 Å². The molecule has 1 atom stereocenters. The van der Waals surface area contributed by atoms with Crippen LogP contribution in [0.25, 0.3) is 41.3 Å². The fourth-order valence-electron chi connectivity index (χ4n) is 8.45. The predicted octanol–water partition coefficient (Wildman–Crippen LogP) is 13.1. The molecule has 2 aromatic carbocycles. The van der Waals surface area contributed by atoms with Gasteiger partial charge in [-0.05, 0) is 84.9 Å². The highest BCUT2D eigenvalue weighted by Gasteiger charge is 2.33. The van der Waals surface area contributed by atoms with Gasteiger partial charge in [0.1, 0.15) is 21.2 Å². The molecule has 0 bridgehead atoms. The molecule has 0 aliphatic heterocycles. The van der Waals surface area contributed by atoms with Gasteiger partial charge in [0.2, 0.25) is 6.29 Å². The van der Waals surface area contributed by atoms with Gasteiger partial charge in [-0.1, -0.05) is 104 Å². The van der Waals surface area contributed by atoms with Crippen molar-refractivity contribution in [2.24, 2.45) is 25.9 Å². The molecule has 14 nitrogen and oxygen atoms in total. The summed E-state index contributed by atoms with van der Waals surface area (Å²) < 4.78 is 126. The Morgan fingerprint density at radius 3 is 1.54 bits per heavy atom. The van der Waals surface area contributed by atoms with E-state index in [1.54, 1.807) is 26.2 Å². The Bertz CT molecular complexity index is 3270. The Hall–Kier alpha value is -5.99. The molecule has 4 heterocycles. The normalized spacial score (nSPS) is 12.2. The zero-order valence-electron chi connectivity index (χ0n) is 47.1. The predicted molar refractivity (Wildman–Crippen MR) is 301 cm³/mol. The first kappa shape index (κ1) is 69.3. The van der Waals surface area contributed by atoms with Crippen LogP contribution < -0.4 is 32.0 Å². The Morgan fingerprint density at radius 1 is 0.691 bits per heavy atom. The van der Waals surface area contributed by atoms with Crippen molar-refractivity contribution in [3.05, 3.63) is 101 Å². The molecule has 1 N–H and O–H groups in total. The number of carbonyl (C=O) groups excluding carboxylic acids is 2. The quantitative estimate of drug-likeness (QED) is 0.0255. The van der Waals surface area contributed by atoms with E-state index >= 15 is 0 Å². The van der Waals surface area contributed by atoms with Gasteiger partial charge in [0.25, 0.3) is 11.1 Å². The Balaban J connectivity index is 0.000000349. The van der Waals surface area contributed by atoms with Crippen molar-refractivity contribution in [2.45, 2.75) is 157 Å². The van der Waals surface area contributed by atoms with E-state index < -0.39 is 65.5 Å². The molecule has 1 unspecified atom stereocenters. The highest BCUT2D eigenvalue weighted by molar-refractivity contribution is 7.22. The average molecular weight is 1210 g/mol. The first-order valence-electron chi connectivity index (χ1n) is 26.3. The van der Waals surface area contributed by atoms with Gasteiger partial charge >= 0.3 is 36.2 Å². The number of aryl methyl sites for hydroxylation is 3. The number of alkyl halides is 9. The van der Waals surface area contributed by atoms with Crippen LogP contribution in [-0.4, -0.2) is 69.9 Å². The first-order valence-corrected chi connectivity index (χ1v) is 30.4. The van der Waals surface area contributed by atoms with E-state index in [9.17, 15) is 68.6 Å². The third-order valence-corrected chi connectivity index (χ3v) is 18.7. The van der Waals surface area contributed by atoms with Gasteiger partial charge in [-0.3, -0.25) is 37.4 Å². The molecule has 0 aliphatic carbocycles. The summed E-state index contributed by atoms with van der Waals surface area (Å²) in [6, 6.07) is 15.5. The van der Waals surface area contributed by atoms with Crippen molar-refractivity contribution in [1.82, 2.24) is 18.3 Å². The average Bonchev–Trinajstić information content (AvgIpc) is 4.04. The number of thiophene rings is 2. The Morgan fingerprint density at radius 2 is 1.14 bits per heavy atom. The number of aldehydes is 1. The highest BCUT2D eigenvalue weighted by Crippen LogP contribution is 2.43. The molecule has 26 heteroatoms. The van der Waals surface area contributed by atoms with E-state index in [0.29, 0.717) is 72.2 Å². The van der Waals surface area contributed by atoms with Crippen LogP contribution in [0.5, 0.6) is 11.5 Å². The number of halogens is 9. The Kier molecular flexibility index (Phi) is 26.4. The number of rotatable bonds is 20. The van der Waals surface area contributed by atoms with E-state index in [0.717, 1.165) is 33.3 Å². The number of aromatic nitrogens is 4. The molecule has 0 spiro atoms. The number of carbonyl (C=O) groups is 2. The molecule has 0 radical (unpaired) electrons. The maximum absolute atomic E-state index is 13.5. The summed E-state index contributed by atoms with van der Waals surface area (Å²) in [5, 5.41) is 11.7. The summed E-state index contributed by atoms with van der Waals surface area (Å²) in [6.45, 7) is 18.5. The van der Waals surface area contributed by atoms with Crippen LogP contribution in [0, 0.1) is 11.8 Å². The molecule has 0 saturated carbocycles. The zero-order chi connectivity index (χ0) is 61.3. The molecule has 0 amide bonds. The number of esters is 1. The lowest BCUT2D eigenvalue weighted by molar-refractivity contribution is -0.275. The van der Waals surface area contributed by atoms with Crippen LogP contribution in [0.3, 0.4) is 0 Å².